The van der Waals surface area contributed by atoms with Gasteiger partial charge in [-0.1, -0.05) is 47.8 Å². The van der Waals surface area contributed by atoms with Gasteiger partial charge in [-0.2, -0.15) is 0 Å². The van der Waals surface area contributed by atoms with Crippen LogP contribution in [0.1, 0.15) is 19.3 Å². The molecule has 0 saturated heterocycles. The third-order valence-corrected chi connectivity index (χ3v) is 5.33. The fourth-order valence-corrected chi connectivity index (χ4v) is 4.72. The largest absolute Gasteiger partial charge is 0.102 e. The molecule has 1 fully saturated rings. The number of halogens is 3. The Morgan fingerprint density at radius 3 is 2.82 bits per heavy atom. The minimum atomic E-state index is 0.0752. The molecule has 0 amide bonds. The third-order valence-electron chi connectivity index (χ3n) is 2.70. The zero-order chi connectivity index (χ0) is 8.06. The molecule has 0 N–H and O–H groups in total. The van der Waals surface area contributed by atoms with Gasteiger partial charge in [-0.3, -0.25) is 0 Å². The van der Waals surface area contributed by atoms with Crippen molar-refractivity contribution in [2.45, 2.75) is 22.5 Å². The zero-order valence-corrected chi connectivity index (χ0v) is 10.7. The third kappa shape index (κ3) is 1.49. The lowest BCUT2D eigenvalue weighted by Gasteiger charge is -2.29. The highest BCUT2D eigenvalue weighted by molar-refractivity contribution is 9.25. The van der Waals surface area contributed by atoms with Crippen molar-refractivity contribution in [1.82, 2.24) is 0 Å². The van der Waals surface area contributed by atoms with E-state index in [0.29, 0.717) is 0 Å². The van der Waals surface area contributed by atoms with E-state index in [2.05, 4.69) is 53.9 Å². The van der Waals surface area contributed by atoms with Crippen LogP contribution in [0.25, 0.3) is 0 Å². The molecule has 0 aromatic rings. The number of alkyl halides is 2. The Morgan fingerprint density at radius 2 is 2.09 bits per heavy atom. The van der Waals surface area contributed by atoms with Crippen molar-refractivity contribution in [3.05, 3.63) is 10.6 Å². The Balaban J connectivity index is 2.34. The monoisotopic (exact) mass is 342 g/mol. The summed E-state index contributed by atoms with van der Waals surface area (Å²) in [6, 6.07) is 0. The second-order valence-electron chi connectivity index (χ2n) is 3.41. The molecule has 62 valence electrons. The molecule has 2 bridgehead atoms. The number of rotatable bonds is 0. The Labute approximate surface area is 92.2 Å². The van der Waals surface area contributed by atoms with Crippen LogP contribution in [0.15, 0.2) is 10.6 Å². The maximum Gasteiger partial charge on any atom is 0.102 e. The molecule has 2 rings (SSSR count). The van der Waals surface area contributed by atoms with Crippen LogP contribution in [0.4, 0.5) is 0 Å². The first-order chi connectivity index (χ1) is 5.09. The molecule has 0 aromatic heterocycles. The van der Waals surface area contributed by atoms with Gasteiger partial charge < -0.3 is 0 Å². The molecule has 0 spiro atoms. The minimum absolute atomic E-state index is 0.0752. The highest BCUT2D eigenvalue weighted by Gasteiger charge is 2.42. The summed E-state index contributed by atoms with van der Waals surface area (Å²) in [5.41, 5.74) is 0. The smallest absolute Gasteiger partial charge is 0.0677 e. The SMILES string of the molecule is BrC1=CC(Br)(Br)[C@H]2CC[C@@H]1C2. The van der Waals surface area contributed by atoms with Gasteiger partial charge in [0.1, 0.15) is 3.23 Å². The van der Waals surface area contributed by atoms with Crippen molar-refractivity contribution in [3.8, 4) is 0 Å². The van der Waals surface area contributed by atoms with Crippen LogP contribution in [0.5, 0.6) is 0 Å². The van der Waals surface area contributed by atoms with Gasteiger partial charge in [-0.05, 0) is 41.7 Å². The van der Waals surface area contributed by atoms with E-state index in [1.807, 2.05) is 0 Å². The molecule has 0 radical (unpaired) electrons. The zero-order valence-electron chi connectivity index (χ0n) is 5.99. The second-order valence-corrected chi connectivity index (χ2v) is 8.01. The maximum absolute atomic E-state index is 3.70. The van der Waals surface area contributed by atoms with Gasteiger partial charge in [0, 0.05) is 0 Å². The fraction of sp³-hybridized carbons (Fsp3) is 0.750. The summed E-state index contributed by atoms with van der Waals surface area (Å²) in [7, 11) is 0. The van der Waals surface area contributed by atoms with Gasteiger partial charge >= 0.3 is 0 Å². The predicted octanol–water partition coefficient (Wildman–Crippen LogP) is 4.18. The summed E-state index contributed by atoms with van der Waals surface area (Å²) in [5, 5.41) is 0. The number of allylic oxidation sites excluding steroid dienone is 2. The average molecular weight is 345 g/mol. The summed E-state index contributed by atoms with van der Waals surface area (Å²) in [6.07, 6.45) is 6.28. The van der Waals surface area contributed by atoms with Crippen molar-refractivity contribution >= 4 is 47.8 Å². The molecule has 0 heterocycles. The Kier molecular flexibility index (Phi) is 2.27. The summed E-state index contributed by atoms with van der Waals surface area (Å²) in [6.45, 7) is 0. The molecule has 2 aliphatic carbocycles. The lowest BCUT2D eigenvalue weighted by Crippen LogP contribution is -2.23. The molecule has 2 aliphatic rings. The van der Waals surface area contributed by atoms with E-state index in [4.69, 9.17) is 0 Å². The summed E-state index contributed by atoms with van der Waals surface area (Å²) in [4.78, 5) is 0. The maximum atomic E-state index is 3.70. The Morgan fingerprint density at radius 1 is 1.36 bits per heavy atom. The molecule has 11 heavy (non-hydrogen) atoms. The van der Waals surface area contributed by atoms with E-state index < -0.39 is 0 Å². The van der Waals surface area contributed by atoms with Crippen LogP contribution in [0.2, 0.25) is 0 Å². The number of hydrogen-bond acceptors (Lipinski definition) is 0. The predicted molar refractivity (Wildman–Crippen MR) is 58.4 cm³/mol. The normalized spacial score (nSPS) is 40.5. The average Bonchev–Trinajstić information content (AvgIpc) is 2.28. The van der Waals surface area contributed by atoms with Gasteiger partial charge in [0.2, 0.25) is 0 Å². The van der Waals surface area contributed by atoms with Gasteiger partial charge in [-0.15, -0.1) is 0 Å². The van der Waals surface area contributed by atoms with Crippen LogP contribution in [-0.2, 0) is 0 Å². The van der Waals surface area contributed by atoms with Crippen LogP contribution in [0, 0.1) is 11.8 Å². The van der Waals surface area contributed by atoms with Crippen LogP contribution in [0.3, 0.4) is 0 Å². The van der Waals surface area contributed by atoms with Gasteiger partial charge in [0.15, 0.2) is 0 Å². The quantitative estimate of drug-likeness (QED) is 0.578. The highest BCUT2D eigenvalue weighted by Crippen LogP contribution is 2.54. The van der Waals surface area contributed by atoms with Crippen LogP contribution in [-0.4, -0.2) is 3.23 Å². The van der Waals surface area contributed by atoms with Crippen molar-refractivity contribution in [3.63, 3.8) is 0 Å². The Bertz CT molecular complexity index is 207. The van der Waals surface area contributed by atoms with E-state index in [9.17, 15) is 0 Å². The van der Waals surface area contributed by atoms with E-state index >= 15 is 0 Å². The van der Waals surface area contributed by atoms with Crippen molar-refractivity contribution in [1.29, 1.82) is 0 Å². The van der Waals surface area contributed by atoms with E-state index in [1.54, 1.807) is 0 Å². The lowest BCUT2D eigenvalue weighted by molar-refractivity contribution is 0.515. The van der Waals surface area contributed by atoms with E-state index in [0.717, 1.165) is 11.8 Å². The molecule has 0 unspecified atom stereocenters. The number of hydrogen-bond donors (Lipinski definition) is 0. The molecule has 3 heteroatoms. The van der Waals surface area contributed by atoms with Gasteiger partial charge in [0.05, 0.1) is 0 Å². The first-order valence-corrected chi connectivity index (χ1v) is 6.23. The molecule has 1 saturated carbocycles. The lowest BCUT2D eigenvalue weighted by atomic mass is 9.95. The molecular weight excluding hydrogens is 336 g/mol. The fourth-order valence-electron chi connectivity index (χ4n) is 2.00. The first-order valence-electron chi connectivity index (χ1n) is 3.85. The molecule has 0 aliphatic heterocycles. The molecule has 2 atom stereocenters. The number of fused-ring (bicyclic) bond motifs is 2. The standard InChI is InChI=1S/C8H9Br3/c9-7-4-8(10,11)6-2-1-5(7)3-6/h4-6H,1-3H2/t5-,6+/m1/s1. The summed E-state index contributed by atoms with van der Waals surface area (Å²) < 4.78 is 1.45. The summed E-state index contributed by atoms with van der Waals surface area (Å²) in [5.74, 6) is 1.59. The van der Waals surface area contributed by atoms with Crippen molar-refractivity contribution in [2.75, 3.05) is 0 Å². The van der Waals surface area contributed by atoms with Crippen LogP contribution < -0.4 is 0 Å². The summed E-state index contributed by atoms with van der Waals surface area (Å²) >= 11 is 11.0. The van der Waals surface area contributed by atoms with Crippen molar-refractivity contribution < 1.29 is 0 Å². The van der Waals surface area contributed by atoms with Gasteiger partial charge in [-0.25, -0.2) is 0 Å². The molecular formula is C8H9Br3. The molecule has 0 nitrogen and oxygen atoms in total. The van der Waals surface area contributed by atoms with Crippen molar-refractivity contribution in [2.24, 2.45) is 11.8 Å². The first kappa shape index (κ1) is 8.76. The minimum Gasteiger partial charge on any atom is -0.0677 e. The second kappa shape index (κ2) is 2.85. The Hall–Kier alpha value is 1.18. The van der Waals surface area contributed by atoms with Crippen LogP contribution >= 0.6 is 47.8 Å². The topological polar surface area (TPSA) is 0 Å². The molecule has 0 aromatic carbocycles. The van der Waals surface area contributed by atoms with E-state index in [1.165, 1.54) is 23.7 Å². The van der Waals surface area contributed by atoms with E-state index in [-0.39, 0.29) is 3.23 Å². The van der Waals surface area contributed by atoms with Gasteiger partial charge in [0.25, 0.3) is 0 Å². The highest BCUT2D eigenvalue weighted by atomic mass is 79.9.